The van der Waals surface area contributed by atoms with Gasteiger partial charge in [-0.25, -0.2) is 4.79 Å². The predicted molar refractivity (Wildman–Crippen MR) is 157 cm³/mol. The number of fused-ring (bicyclic) bond motifs is 1. The van der Waals surface area contributed by atoms with Gasteiger partial charge in [0.1, 0.15) is 11.8 Å². The number of benzene rings is 2. The van der Waals surface area contributed by atoms with Crippen LogP contribution in [0.3, 0.4) is 0 Å². The van der Waals surface area contributed by atoms with Crippen LogP contribution in [-0.4, -0.2) is 69.4 Å². The Kier molecular flexibility index (Phi) is 10.7. The summed E-state index contributed by atoms with van der Waals surface area (Å²) in [5.74, 6) is -0.439. The van der Waals surface area contributed by atoms with Crippen LogP contribution in [0, 0.1) is 0 Å². The second kappa shape index (κ2) is 14.4. The normalized spacial score (nSPS) is 18.1. The molecule has 2 aromatic carbocycles. The molecule has 1 saturated heterocycles. The van der Waals surface area contributed by atoms with Crippen molar-refractivity contribution in [1.29, 1.82) is 0 Å². The van der Waals surface area contributed by atoms with Gasteiger partial charge in [0.05, 0.1) is 6.04 Å². The zero-order chi connectivity index (χ0) is 28.5. The molecule has 2 aromatic rings. The molecule has 0 aliphatic carbocycles. The maximum Gasteiger partial charge on any atom is 0.327 e. The maximum atomic E-state index is 13.4. The minimum Gasteiger partial charge on any atom is -0.352 e. The smallest absolute Gasteiger partial charge is 0.327 e. The van der Waals surface area contributed by atoms with E-state index < -0.39 is 17.3 Å². The molecule has 0 spiro atoms. The Morgan fingerprint density at radius 2 is 1.77 bits per heavy atom. The molecule has 2 aliphatic rings. The Morgan fingerprint density at radius 3 is 2.52 bits per heavy atom. The molecule has 0 aromatic heterocycles. The molecule has 2 atom stereocenters. The average Bonchev–Trinajstić information content (AvgIpc) is 3.45. The molecule has 212 valence electrons. The molecule has 0 saturated carbocycles. The van der Waals surface area contributed by atoms with Crippen LogP contribution >= 0.6 is 23.4 Å². The number of carbonyl (C=O) groups excluding carboxylic acids is 4. The third kappa shape index (κ3) is 7.46. The first-order chi connectivity index (χ1) is 19.4. The number of hydrogen-bond acceptors (Lipinski definition) is 5. The van der Waals surface area contributed by atoms with Crippen molar-refractivity contribution < 1.29 is 19.2 Å². The standard InChI is InChI=1S/C30H35ClN4O4S/c1-2-33(20-22-11-5-3-6-12-22)27(37)21-35-25-16-18-40-28(25)29(38)34(30(35)39)17-10-4-7-15-26(36)32-19-23-13-8-9-14-24(23)31/h3,5-6,8-9,11-14,16,18,25,28H,2,4,7,10,15,17,19-21H2,1H3,(H,32,36). The minimum absolute atomic E-state index is 0.0676. The van der Waals surface area contributed by atoms with E-state index in [9.17, 15) is 19.2 Å². The number of hydrogen-bond donors (Lipinski definition) is 1. The Morgan fingerprint density at radius 1 is 1.02 bits per heavy atom. The van der Waals surface area contributed by atoms with Crippen molar-refractivity contribution in [3.8, 4) is 0 Å². The van der Waals surface area contributed by atoms with Gasteiger partial charge < -0.3 is 15.1 Å². The summed E-state index contributed by atoms with van der Waals surface area (Å²) in [6.07, 6.45) is 4.10. The number of rotatable bonds is 13. The Hall–Kier alpha value is -3.30. The third-order valence-corrected chi connectivity index (χ3v) is 8.59. The largest absolute Gasteiger partial charge is 0.352 e. The summed E-state index contributed by atoms with van der Waals surface area (Å²) in [7, 11) is 0. The van der Waals surface area contributed by atoms with Crippen LogP contribution in [0.15, 0.2) is 66.1 Å². The first-order valence-corrected chi connectivity index (χ1v) is 15.0. The number of likely N-dealkylation sites (N-methyl/N-ethyl adjacent to an activating group) is 1. The van der Waals surface area contributed by atoms with E-state index >= 15 is 0 Å². The number of thioether (sulfide) groups is 1. The third-order valence-electron chi connectivity index (χ3n) is 7.13. The molecule has 10 heteroatoms. The fourth-order valence-electron chi connectivity index (χ4n) is 4.85. The lowest BCUT2D eigenvalue weighted by Crippen LogP contribution is -2.63. The van der Waals surface area contributed by atoms with Gasteiger partial charge in [0.15, 0.2) is 0 Å². The molecule has 0 radical (unpaired) electrons. The number of nitrogens with zero attached hydrogens (tertiary/aromatic N) is 3. The average molecular weight is 583 g/mol. The van der Waals surface area contributed by atoms with Crippen LogP contribution in [-0.2, 0) is 27.5 Å². The molecule has 5 amide bonds. The van der Waals surface area contributed by atoms with Crippen LogP contribution in [0.25, 0.3) is 0 Å². The SMILES string of the molecule is CCN(Cc1ccccc1)C(=O)CN1C(=O)N(CCCCCC(=O)NCc2ccccc2Cl)C(=O)C2SC=CC21. The van der Waals surface area contributed by atoms with Gasteiger partial charge in [0.25, 0.3) is 0 Å². The zero-order valence-corrected chi connectivity index (χ0v) is 24.2. The van der Waals surface area contributed by atoms with E-state index in [0.29, 0.717) is 50.3 Å². The Labute approximate surface area is 244 Å². The summed E-state index contributed by atoms with van der Waals surface area (Å²) >= 11 is 7.52. The Bertz CT molecular complexity index is 1240. The molecule has 2 unspecified atom stereocenters. The molecule has 2 heterocycles. The molecule has 1 fully saturated rings. The number of unbranched alkanes of at least 4 members (excludes halogenated alkanes) is 2. The van der Waals surface area contributed by atoms with Gasteiger partial charge in [-0.1, -0.05) is 72.6 Å². The lowest BCUT2D eigenvalue weighted by atomic mass is 10.1. The van der Waals surface area contributed by atoms with Crippen molar-refractivity contribution >= 4 is 47.1 Å². The van der Waals surface area contributed by atoms with Crippen LogP contribution in [0.5, 0.6) is 0 Å². The fraction of sp³-hybridized carbons (Fsp3) is 0.400. The summed E-state index contributed by atoms with van der Waals surface area (Å²) in [5.41, 5.74) is 1.88. The molecular weight excluding hydrogens is 548 g/mol. The second-order valence-electron chi connectivity index (χ2n) is 9.85. The molecule has 0 bridgehead atoms. The number of halogens is 1. The van der Waals surface area contributed by atoms with Gasteiger partial charge in [0.2, 0.25) is 17.7 Å². The van der Waals surface area contributed by atoms with Gasteiger partial charge in [-0.15, -0.1) is 11.8 Å². The van der Waals surface area contributed by atoms with Gasteiger partial charge >= 0.3 is 6.03 Å². The van der Waals surface area contributed by atoms with Gasteiger partial charge in [0, 0.05) is 37.6 Å². The van der Waals surface area contributed by atoms with Crippen molar-refractivity contribution in [2.45, 2.75) is 57.0 Å². The van der Waals surface area contributed by atoms with E-state index in [2.05, 4.69) is 5.32 Å². The summed E-state index contributed by atoms with van der Waals surface area (Å²) < 4.78 is 0. The summed E-state index contributed by atoms with van der Waals surface area (Å²) in [4.78, 5) is 56.6. The van der Waals surface area contributed by atoms with Crippen LogP contribution in [0.1, 0.15) is 43.7 Å². The highest BCUT2D eigenvalue weighted by molar-refractivity contribution is 8.03. The van der Waals surface area contributed by atoms with E-state index in [1.807, 2.05) is 66.9 Å². The molecule has 2 aliphatic heterocycles. The number of imide groups is 1. The van der Waals surface area contributed by atoms with Crippen molar-refractivity contribution in [2.75, 3.05) is 19.6 Å². The van der Waals surface area contributed by atoms with Crippen molar-refractivity contribution in [1.82, 2.24) is 20.0 Å². The van der Waals surface area contributed by atoms with E-state index in [-0.39, 0.29) is 30.8 Å². The molecular formula is C30H35ClN4O4S. The molecule has 8 nitrogen and oxygen atoms in total. The molecule has 40 heavy (non-hydrogen) atoms. The van der Waals surface area contributed by atoms with Crippen molar-refractivity contribution in [2.24, 2.45) is 0 Å². The van der Waals surface area contributed by atoms with E-state index in [4.69, 9.17) is 11.6 Å². The molecule has 4 rings (SSSR count). The summed E-state index contributed by atoms with van der Waals surface area (Å²) in [6.45, 7) is 3.45. The summed E-state index contributed by atoms with van der Waals surface area (Å²) in [5, 5.41) is 4.89. The predicted octanol–water partition coefficient (Wildman–Crippen LogP) is 4.83. The van der Waals surface area contributed by atoms with E-state index in [0.717, 1.165) is 11.1 Å². The zero-order valence-electron chi connectivity index (χ0n) is 22.6. The quantitative estimate of drug-likeness (QED) is 0.342. The van der Waals surface area contributed by atoms with E-state index in [1.165, 1.54) is 21.6 Å². The highest BCUT2D eigenvalue weighted by Crippen LogP contribution is 2.34. The van der Waals surface area contributed by atoms with Gasteiger partial charge in [-0.05, 0) is 42.4 Å². The Balaban J connectivity index is 1.27. The van der Waals surface area contributed by atoms with Gasteiger partial charge in [-0.3, -0.25) is 19.3 Å². The topological polar surface area (TPSA) is 90.0 Å². The number of carbonyl (C=O) groups is 4. The van der Waals surface area contributed by atoms with Crippen LogP contribution < -0.4 is 5.32 Å². The number of urea groups is 1. The number of amides is 5. The molecule has 1 N–H and O–H groups in total. The van der Waals surface area contributed by atoms with Gasteiger partial charge in [-0.2, -0.15) is 0 Å². The highest BCUT2D eigenvalue weighted by Gasteiger charge is 2.47. The lowest BCUT2D eigenvalue weighted by Gasteiger charge is -2.41. The number of nitrogens with one attached hydrogen (secondary N) is 1. The first kappa shape index (κ1) is 29.7. The van der Waals surface area contributed by atoms with Crippen LogP contribution in [0.2, 0.25) is 5.02 Å². The summed E-state index contributed by atoms with van der Waals surface area (Å²) in [6, 6.07) is 16.3. The first-order valence-electron chi connectivity index (χ1n) is 13.6. The van der Waals surface area contributed by atoms with Crippen LogP contribution in [0.4, 0.5) is 4.79 Å². The highest BCUT2D eigenvalue weighted by atomic mass is 35.5. The van der Waals surface area contributed by atoms with E-state index in [1.54, 1.807) is 11.0 Å². The monoisotopic (exact) mass is 582 g/mol. The fourth-order valence-corrected chi connectivity index (χ4v) is 6.12. The minimum atomic E-state index is -0.440. The van der Waals surface area contributed by atoms with Crippen molar-refractivity contribution in [3.63, 3.8) is 0 Å². The second-order valence-corrected chi connectivity index (χ2v) is 11.3. The lowest BCUT2D eigenvalue weighted by molar-refractivity contribution is -0.136. The maximum absolute atomic E-state index is 13.4. The van der Waals surface area contributed by atoms with Crippen molar-refractivity contribution in [3.05, 3.63) is 82.2 Å².